The zero-order chi connectivity index (χ0) is 15.2. The molecule has 2 aromatic carbocycles. The second-order valence-electron chi connectivity index (χ2n) is 5.07. The minimum absolute atomic E-state index is 0.270. The summed E-state index contributed by atoms with van der Waals surface area (Å²) < 4.78 is 24.4. The minimum atomic E-state index is -0.270. The first kappa shape index (κ1) is 15.3. The van der Waals surface area contributed by atoms with E-state index in [2.05, 4.69) is 5.32 Å². The Bertz CT molecular complexity index is 599. The lowest BCUT2D eigenvalue weighted by atomic mass is 10.2. The highest BCUT2D eigenvalue weighted by atomic mass is 19.1. The van der Waals surface area contributed by atoms with E-state index in [1.807, 2.05) is 32.0 Å². The van der Waals surface area contributed by atoms with Crippen LogP contribution in [0.2, 0.25) is 0 Å². The summed E-state index contributed by atoms with van der Waals surface area (Å²) in [6.07, 6.45) is 0. The van der Waals surface area contributed by atoms with E-state index in [0.29, 0.717) is 24.1 Å². The van der Waals surface area contributed by atoms with Crippen LogP contribution < -0.4 is 14.8 Å². The maximum absolute atomic E-state index is 13.4. The van der Waals surface area contributed by atoms with Crippen LogP contribution in [-0.4, -0.2) is 13.2 Å². The van der Waals surface area contributed by atoms with Crippen LogP contribution >= 0.6 is 0 Å². The molecule has 0 bridgehead atoms. The second-order valence-corrected chi connectivity index (χ2v) is 5.07. The number of hydrogen-bond acceptors (Lipinski definition) is 3. The van der Waals surface area contributed by atoms with Crippen LogP contribution in [0.3, 0.4) is 0 Å². The van der Waals surface area contributed by atoms with Crippen molar-refractivity contribution in [2.24, 2.45) is 0 Å². The van der Waals surface area contributed by atoms with Gasteiger partial charge in [0.15, 0.2) is 0 Å². The van der Waals surface area contributed by atoms with Gasteiger partial charge in [-0.05, 0) is 30.3 Å². The summed E-state index contributed by atoms with van der Waals surface area (Å²) in [4.78, 5) is 0. The molecule has 0 aliphatic rings. The molecule has 0 saturated heterocycles. The molecule has 0 fully saturated rings. The molecule has 2 rings (SSSR count). The molecule has 3 nitrogen and oxygen atoms in total. The Morgan fingerprint density at radius 2 is 1.86 bits per heavy atom. The molecule has 0 saturated carbocycles. The standard InChI is InChI=1S/C17H20FNO2/c1-12(2)19-11-13-9-14(18)7-8-17(13)21-16-6-4-5-15(10-16)20-3/h4-10,12,19H,11H2,1-3H3. The number of methoxy groups -OCH3 is 1. The number of rotatable bonds is 6. The van der Waals surface area contributed by atoms with Crippen molar-refractivity contribution in [3.05, 3.63) is 53.8 Å². The van der Waals surface area contributed by atoms with Gasteiger partial charge in [0.05, 0.1) is 7.11 Å². The molecule has 0 unspecified atom stereocenters. The van der Waals surface area contributed by atoms with Crippen molar-refractivity contribution in [3.63, 3.8) is 0 Å². The van der Waals surface area contributed by atoms with Gasteiger partial charge in [0, 0.05) is 24.2 Å². The van der Waals surface area contributed by atoms with Crippen LogP contribution in [0.25, 0.3) is 0 Å². The molecule has 21 heavy (non-hydrogen) atoms. The summed E-state index contributed by atoms with van der Waals surface area (Å²) in [5, 5.41) is 3.27. The number of nitrogens with one attached hydrogen (secondary N) is 1. The highest BCUT2D eigenvalue weighted by molar-refractivity contribution is 5.40. The van der Waals surface area contributed by atoms with Crippen molar-refractivity contribution in [1.82, 2.24) is 5.32 Å². The molecule has 0 spiro atoms. The average molecular weight is 289 g/mol. The average Bonchev–Trinajstić information content (AvgIpc) is 2.47. The van der Waals surface area contributed by atoms with E-state index in [4.69, 9.17) is 9.47 Å². The monoisotopic (exact) mass is 289 g/mol. The normalized spacial score (nSPS) is 10.7. The number of benzene rings is 2. The zero-order valence-electron chi connectivity index (χ0n) is 12.5. The summed E-state index contributed by atoms with van der Waals surface area (Å²) in [6, 6.07) is 12.2. The third-order valence-electron chi connectivity index (χ3n) is 2.99. The first-order valence-corrected chi connectivity index (χ1v) is 6.92. The molecular weight excluding hydrogens is 269 g/mol. The smallest absolute Gasteiger partial charge is 0.132 e. The van der Waals surface area contributed by atoms with E-state index in [0.717, 1.165) is 11.3 Å². The molecule has 0 aromatic heterocycles. The molecular formula is C17H20FNO2. The Labute approximate surface area is 124 Å². The molecule has 0 atom stereocenters. The van der Waals surface area contributed by atoms with Gasteiger partial charge in [-0.3, -0.25) is 0 Å². The minimum Gasteiger partial charge on any atom is -0.497 e. The summed E-state index contributed by atoms with van der Waals surface area (Å²) in [7, 11) is 1.61. The highest BCUT2D eigenvalue weighted by Crippen LogP contribution is 2.28. The molecule has 0 radical (unpaired) electrons. The van der Waals surface area contributed by atoms with Crippen molar-refractivity contribution >= 4 is 0 Å². The molecule has 0 amide bonds. The van der Waals surface area contributed by atoms with Crippen molar-refractivity contribution in [2.75, 3.05) is 7.11 Å². The Morgan fingerprint density at radius 1 is 1.10 bits per heavy atom. The lowest BCUT2D eigenvalue weighted by Gasteiger charge is -2.14. The van der Waals surface area contributed by atoms with Crippen molar-refractivity contribution in [1.29, 1.82) is 0 Å². The van der Waals surface area contributed by atoms with Crippen molar-refractivity contribution in [2.45, 2.75) is 26.4 Å². The maximum Gasteiger partial charge on any atom is 0.132 e. The third kappa shape index (κ3) is 4.46. The fourth-order valence-corrected chi connectivity index (χ4v) is 1.89. The van der Waals surface area contributed by atoms with Crippen LogP contribution in [0.5, 0.6) is 17.2 Å². The van der Waals surface area contributed by atoms with Gasteiger partial charge in [0.1, 0.15) is 23.1 Å². The van der Waals surface area contributed by atoms with Crippen LogP contribution in [0.1, 0.15) is 19.4 Å². The SMILES string of the molecule is COc1cccc(Oc2ccc(F)cc2CNC(C)C)c1. The lowest BCUT2D eigenvalue weighted by molar-refractivity contribution is 0.408. The van der Waals surface area contributed by atoms with Gasteiger partial charge >= 0.3 is 0 Å². The van der Waals surface area contributed by atoms with Gasteiger partial charge < -0.3 is 14.8 Å². The zero-order valence-corrected chi connectivity index (χ0v) is 12.5. The van der Waals surface area contributed by atoms with E-state index in [-0.39, 0.29) is 5.82 Å². The Morgan fingerprint density at radius 3 is 2.57 bits per heavy atom. The number of ether oxygens (including phenoxy) is 2. The van der Waals surface area contributed by atoms with Crippen molar-refractivity contribution in [3.8, 4) is 17.2 Å². The molecule has 0 aliphatic carbocycles. The Kier molecular flexibility index (Phi) is 5.17. The summed E-state index contributed by atoms with van der Waals surface area (Å²) in [5.41, 5.74) is 0.784. The van der Waals surface area contributed by atoms with Crippen LogP contribution in [0, 0.1) is 5.82 Å². The van der Waals surface area contributed by atoms with E-state index >= 15 is 0 Å². The van der Waals surface area contributed by atoms with E-state index in [9.17, 15) is 4.39 Å². The molecule has 2 aromatic rings. The quantitative estimate of drug-likeness (QED) is 0.867. The summed E-state index contributed by atoms with van der Waals surface area (Å²) >= 11 is 0. The summed E-state index contributed by atoms with van der Waals surface area (Å²) in [5.74, 6) is 1.74. The van der Waals surface area contributed by atoms with E-state index in [1.54, 1.807) is 19.2 Å². The van der Waals surface area contributed by atoms with Gasteiger partial charge in [0.2, 0.25) is 0 Å². The van der Waals surface area contributed by atoms with Crippen LogP contribution in [-0.2, 0) is 6.54 Å². The predicted octanol–water partition coefficient (Wildman–Crippen LogP) is 4.12. The van der Waals surface area contributed by atoms with Crippen LogP contribution in [0.15, 0.2) is 42.5 Å². The lowest BCUT2D eigenvalue weighted by Crippen LogP contribution is -2.22. The molecule has 112 valence electrons. The largest absolute Gasteiger partial charge is 0.497 e. The maximum atomic E-state index is 13.4. The molecule has 1 N–H and O–H groups in total. The first-order chi connectivity index (χ1) is 10.1. The Hall–Kier alpha value is -2.07. The van der Waals surface area contributed by atoms with Crippen molar-refractivity contribution < 1.29 is 13.9 Å². The topological polar surface area (TPSA) is 30.5 Å². The highest BCUT2D eigenvalue weighted by Gasteiger charge is 2.08. The van der Waals surface area contributed by atoms with Gasteiger partial charge in [-0.15, -0.1) is 0 Å². The fraction of sp³-hybridized carbons (Fsp3) is 0.294. The van der Waals surface area contributed by atoms with Gasteiger partial charge in [-0.1, -0.05) is 19.9 Å². The molecule has 0 heterocycles. The van der Waals surface area contributed by atoms with Crippen LogP contribution in [0.4, 0.5) is 4.39 Å². The first-order valence-electron chi connectivity index (χ1n) is 6.92. The van der Waals surface area contributed by atoms with Gasteiger partial charge in [-0.2, -0.15) is 0 Å². The number of hydrogen-bond donors (Lipinski definition) is 1. The fourth-order valence-electron chi connectivity index (χ4n) is 1.89. The van der Waals surface area contributed by atoms with E-state index < -0.39 is 0 Å². The third-order valence-corrected chi connectivity index (χ3v) is 2.99. The second kappa shape index (κ2) is 7.09. The summed E-state index contributed by atoms with van der Waals surface area (Å²) in [6.45, 7) is 4.64. The number of halogens is 1. The van der Waals surface area contributed by atoms with E-state index in [1.165, 1.54) is 12.1 Å². The van der Waals surface area contributed by atoms with Gasteiger partial charge in [0.25, 0.3) is 0 Å². The molecule has 4 heteroatoms. The predicted molar refractivity (Wildman–Crippen MR) is 81.4 cm³/mol. The molecule has 0 aliphatic heterocycles. The Balaban J connectivity index is 2.21. The van der Waals surface area contributed by atoms with Gasteiger partial charge in [-0.25, -0.2) is 4.39 Å².